The van der Waals surface area contributed by atoms with Crippen molar-refractivity contribution < 1.29 is 8.42 Å². The minimum atomic E-state index is -3.42. The Morgan fingerprint density at radius 3 is 2.33 bits per heavy atom. The third-order valence-corrected chi connectivity index (χ3v) is 7.02. The number of nitrogens with one attached hydrogen (secondary N) is 1. The Morgan fingerprint density at radius 2 is 1.76 bits per heavy atom. The molecule has 2 bridgehead atoms. The second kappa shape index (κ2) is 4.56. The maximum Gasteiger partial charge on any atom is 0.240 e. The Labute approximate surface area is 125 Å². The molecule has 3 aliphatic rings. The summed E-state index contributed by atoms with van der Waals surface area (Å²) in [6, 6.07) is 8.86. The zero-order chi connectivity index (χ0) is 14.6. The van der Waals surface area contributed by atoms with E-state index < -0.39 is 10.0 Å². The van der Waals surface area contributed by atoms with Gasteiger partial charge in [0.05, 0.1) is 17.4 Å². The van der Waals surface area contributed by atoms with Crippen molar-refractivity contribution in [1.82, 2.24) is 4.72 Å². The summed E-state index contributed by atoms with van der Waals surface area (Å²) in [7, 11) is -3.42. The molecule has 3 fully saturated rings. The molecule has 3 saturated carbocycles. The van der Waals surface area contributed by atoms with Crippen molar-refractivity contribution in [1.29, 1.82) is 5.26 Å². The normalized spacial score (nSPS) is 36.2. The van der Waals surface area contributed by atoms with Crippen LogP contribution in [0.1, 0.15) is 24.8 Å². The van der Waals surface area contributed by atoms with Crippen molar-refractivity contribution in [3.63, 3.8) is 0 Å². The number of sulfonamides is 1. The van der Waals surface area contributed by atoms with E-state index in [9.17, 15) is 8.42 Å². The van der Waals surface area contributed by atoms with E-state index in [1.807, 2.05) is 0 Å². The lowest BCUT2D eigenvalue weighted by atomic mass is 10.0. The van der Waals surface area contributed by atoms with Crippen LogP contribution in [0.5, 0.6) is 0 Å². The molecule has 4 nitrogen and oxygen atoms in total. The second-order valence-corrected chi connectivity index (χ2v) is 8.33. The molecular weight excluding hydrogens is 284 g/mol. The minimum absolute atomic E-state index is 0.167. The van der Waals surface area contributed by atoms with E-state index >= 15 is 0 Å². The van der Waals surface area contributed by atoms with Gasteiger partial charge in [0.15, 0.2) is 0 Å². The van der Waals surface area contributed by atoms with Gasteiger partial charge in [-0.05, 0) is 60.6 Å². The average molecular weight is 302 g/mol. The van der Waals surface area contributed by atoms with Crippen LogP contribution in [0.15, 0.2) is 29.2 Å². The Morgan fingerprint density at radius 1 is 1.14 bits per heavy atom. The van der Waals surface area contributed by atoms with Crippen molar-refractivity contribution in [3.8, 4) is 6.07 Å². The van der Waals surface area contributed by atoms with Gasteiger partial charge in [0, 0.05) is 6.04 Å². The van der Waals surface area contributed by atoms with Crippen LogP contribution in [0.4, 0.5) is 0 Å². The minimum Gasteiger partial charge on any atom is -0.207 e. The fourth-order valence-electron chi connectivity index (χ4n) is 4.61. The van der Waals surface area contributed by atoms with E-state index in [-0.39, 0.29) is 6.04 Å². The Hall–Kier alpha value is -1.38. The van der Waals surface area contributed by atoms with Crippen molar-refractivity contribution in [2.45, 2.75) is 36.6 Å². The van der Waals surface area contributed by atoms with E-state index in [1.165, 1.54) is 19.3 Å². The van der Waals surface area contributed by atoms with Crippen LogP contribution < -0.4 is 4.72 Å². The Balaban J connectivity index is 1.49. The van der Waals surface area contributed by atoms with Gasteiger partial charge in [-0.15, -0.1) is 0 Å². The van der Waals surface area contributed by atoms with Crippen LogP contribution in [0, 0.1) is 35.0 Å². The first-order valence-electron chi connectivity index (χ1n) is 7.58. The van der Waals surface area contributed by atoms with Gasteiger partial charge in [0.25, 0.3) is 0 Å². The molecule has 0 spiro atoms. The fraction of sp³-hybridized carbons (Fsp3) is 0.562. The lowest BCUT2D eigenvalue weighted by Gasteiger charge is -2.11. The van der Waals surface area contributed by atoms with Crippen molar-refractivity contribution in [3.05, 3.63) is 29.8 Å². The third-order valence-electron chi connectivity index (χ3n) is 5.54. The van der Waals surface area contributed by atoms with Crippen molar-refractivity contribution in [2.24, 2.45) is 23.7 Å². The van der Waals surface area contributed by atoms with Gasteiger partial charge in [-0.1, -0.05) is 12.1 Å². The van der Waals surface area contributed by atoms with Crippen LogP contribution in [0.2, 0.25) is 0 Å². The molecule has 0 radical (unpaired) electrons. The largest absolute Gasteiger partial charge is 0.240 e. The summed E-state index contributed by atoms with van der Waals surface area (Å²) < 4.78 is 27.8. The summed E-state index contributed by atoms with van der Waals surface area (Å²) in [5.74, 6) is 2.70. The van der Waals surface area contributed by atoms with Gasteiger partial charge >= 0.3 is 0 Å². The molecule has 1 N–H and O–H groups in total. The SMILES string of the molecule is N#CCc1ccc(S(=O)(=O)NC2C3C4CCC(C4)C23)cc1. The van der Waals surface area contributed by atoms with E-state index in [2.05, 4.69) is 10.8 Å². The van der Waals surface area contributed by atoms with Crippen molar-refractivity contribution >= 4 is 10.0 Å². The summed E-state index contributed by atoms with van der Waals surface area (Å²) >= 11 is 0. The van der Waals surface area contributed by atoms with Crippen LogP contribution in [0.3, 0.4) is 0 Å². The molecule has 0 aliphatic heterocycles. The topological polar surface area (TPSA) is 70.0 Å². The lowest BCUT2D eigenvalue weighted by Crippen LogP contribution is -2.30. The zero-order valence-electron chi connectivity index (χ0n) is 11.7. The molecule has 4 unspecified atom stereocenters. The molecule has 5 heteroatoms. The van der Waals surface area contributed by atoms with Crippen LogP contribution in [-0.4, -0.2) is 14.5 Å². The highest BCUT2D eigenvalue weighted by molar-refractivity contribution is 7.89. The predicted octanol–water partition coefficient (Wildman–Crippen LogP) is 2.08. The summed E-state index contributed by atoms with van der Waals surface area (Å²) in [4.78, 5) is 0.307. The highest BCUT2D eigenvalue weighted by Crippen LogP contribution is 2.65. The maximum atomic E-state index is 12.4. The van der Waals surface area contributed by atoms with Crippen LogP contribution >= 0.6 is 0 Å². The summed E-state index contributed by atoms with van der Waals surface area (Å²) in [6.07, 6.45) is 4.19. The highest BCUT2D eigenvalue weighted by atomic mass is 32.2. The standard InChI is InChI=1S/C16H18N2O2S/c17-8-7-10-1-5-13(6-2-10)21(19,20)18-16-14-11-3-4-12(9-11)15(14)16/h1-2,5-6,11-12,14-16,18H,3-4,7,9H2. The first kappa shape index (κ1) is 13.3. The molecule has 110 valence electrons. The maximum absolute atomic E-state index is 12.4. The molecule has 0 heterocycles. The number of hydrogen-bond acceptors (Lipinski definition) is 3. The monoisotopic (exact) mass is 302 g/mol. The van der Waals surface area contributed by atoms with E-state index in [1.54, 1.807) is 24.3 Å². The average Bonchev–Trinajstić information content (AvgIpc) is 2.85. The van der Waals surface area contributed by atoms with Crippen LogP contribution in [0.25, 0.3) is 0 Å². The fourth-order valence-corrected chi connectivity index (χ4v) is 5.91. The van der Waals surface area contributed by atoms with Gasteiger partial charge in [0.1, 0.15) is 0 Å². The van der Waals surface area contributed by atoms with Crippen LogP contribution in [-0.2, 0) is 16.4 Å². The molecule has 1 aromatic carbocycles. The lowest BCUT2D eigenvalue weighted by molar-refractivity contribution is 0.456. The molecule has 21 heavy (non-hydrogen) atoms. The third kappa shape index (κ3) is 2.09. The molecular formula is C16H18N2O2S. The number of nitriles is 1. The van der Waals surface area contributed by atoms with Crippen molar-refractivity contribution in [2.75, 3.05) is 0 Å². The van der Waals surface area contributed by atoms with Gasteiger partial charge in [-0.25, -0.2) is 13.1 Å². The van der Waals surface area contributed by atoms with E-state index in [4.69, 9.17) is 5.26 Å². The van der Waals surface area contributed by atoms with Gasteiger partial charge in [-0.2, -0.15) is 5.26 Å². The number of benzene rings is 1. The number of fused-ring (bicyclic) bond motifs is 5. The van der Waals surface area contributed by atoms with Gasteiger partial charge < -0.3 is 0 Å². The number of nitrogens with zero attached hydrogens (tertiary/aromatic N) is 1. The first-order chi connectivity index (χ1) is 10.1. The van der Waals surface area contributed by atoms with E-state index in [0.29, 0.717) is 23.2 Å². The molecule has 0 amide bonds. The quantitative estimate of drug-likeness (QED) is 0.925. The zero-order valence-corrected chi connectivity index (χ0v) is 12.5. The molecule has 0 saturated heterocycles. The predicted molar refractivity (Wildman–Crippen MR) is 77.7 cm³/mol. The summed E-state index contributed by atoms with van der Waals surface area (Å²) in [6.45, 7) is 0. The Bertz CT molecular complexity index is 689. The molecule has 0 aromatic heterocycles. The smallest absolute Gasteiger partial charge is 0.207 e. The summed E-state index contributed by atoms with van der Waals surface area (Å²) in [5.41, 5.74) is 0.845. The van der Waals surface area contributed by atoms with Gasteiger partial charge in [0.2, 0.25) is 10.0 Å². The highest BCUT2D eigenvalue weighted by Gasteiger charge is 2.65. The molecule has 1 aromatic rings. The molecule has 4 atom stereocenters. The Kier molecular flexibility index (Phi) is 2.88. The first-order valence-corrected chi connectivity index (χ1v) is 9.07. The van der Waals surface area contributed by atoms with Gasteiger partial charge in [-0.3, -0.25) is 0 Å². The van der Waals surface area contributed by atoms with E-state index in [0.717, 1.165) is 17.4 Å². The second-order valence-electron chi connectivity index (χ2n) is 6.61. The molecule has 4 rings (SSSR count). The number of hydrogen-bond donors (Lipinski definition) is 1. The summed E-state index contributed by atoms with van der Waals surface area (Å²) in [5, 5.41) is 8.64. The molecule has 3 aliphatic carbocycles. The number of rotatable bonds is 4.